The van der Waals surface area contributed by atoms with E-state index in [2.05, 4.69) is 5.32 Å². The fourth-order valence-corrected chi connectivity index (χ4v) is 1.07. The van der Waals surface area contributed by atoms with Gasteiger partial charge in [-0.05, 0) is 20.8 Å². The zero-order chi connectivity index (χ0) is 12.5. The van der Waals surface area contributed by atoms with Crippen molar-refractivity contribution in [2.75, 3.05) is 5.32 Å². The van der Waals surface area contributed by atoms with Gasteiger partial charge >= 0.3 is 0 Å². The van der Waals surface area contributed by atoms with Crippen LogP contribution in [0.1, 0.15) is 20.8 Å². The summed E-state index contributed by atoms with van der Waals surface area (Å²) < 4.78 is 39.0. The van der Waals surface area contributed by atoms with Gasteiger partial charge in [-0.2, -0.15) is 0 Å². The third-order valence-corrected chi connectivity index (χ3v) is 2.42. The van der Waals surface area contributed by atoms with Crippen LogP contribution < -0.4 is 5.32 Å². The Bertz CT molecular complexity index is 388. The Kier molecular flexibility index (Phi) is 3.48. The molecule has 2 N–H and O–H groups in total. The zero-order valence-electron chi connectivity index (χ0n) is 9.31. The maximum absolute atomic E-state index is 13.2. The van der Waals surface area contributed by atoms with Crippen LogP contribution in [-0.2, 0) is 0 Å². The number of hydrogen-bond acceptors (Lipinski definition) is 2. The van der Waals surface area contributed by atoms with Gasteiger partial charge in [-0.25, -0.2) is 13.2 Å². The van der Waals surface area contributed by atoms with Gasteiger partial charge in [0.15, 0.2) is 11.6 Å². The average molecular weight is 233 g/mol. The molecule has 5 heteroatoms. The molecule has 0 aliphatic rings. The fraction of sp³-hybridized carbons (Fsp3) is 0.455. The van der Waals surface area contributed by atoms with E-state index in [1.807, 2.05) is 0 Å². The van der Waals surface area contributed by atoms with Gasteiger partial charge in [0.25, 0.3) is 0 Å². The topological polar surface area (TPSA) is 32.3 Å². The smallest absolute Gasteiger partial charge is 0.182 e. The summed E-state index contributed by atoms with van der Waals surface area (Å²) in [5, 5.41) is 12.1. The number of anilines is 1. The van der Waals surface area contributed by atoms with Gasteiger partial charge in [-0.15, -0.1) is 0 Å². The molecule has 0 saturated carbocycles. The van der Waals surface area contributed by atoms with Gasteiger partial charge in [0, 0.05) is 12.1 Å². The van der Waals surface area contributed by atoms with E-state index < -0.39 is 29.1 Å². The molecule has 0 aliphatic carbocycles. The Labute approximate surface area is 92.1 Å². The monoisotopic (exact) mass is 233 g/mol. The molecule has 0 radical (unpaired) electrons. The van der Waals surface area contributed by atoms with Gasteiger partial charge in [-0.1, -0.05) is 0 Å². The first-order valence-electron chi connectivity index (χ1n) is 4.85. The molecule has 0 amide bonds. The zero-order valence-corrected chi connectivity index (χ0v) is 9.31. The van der Waals surface area contributed by atoms with Crippen molar-refractivity contribution < 1.29 is 18.3 Å². The van der Waals surface area contributed by atoms with Crippen LogP contribution in [0.2, 0.25) is 0 Å². The molecule has 0 fully saturated rings. The summed E-state index contributed by atoms with van der Waals surface area (Å²) >= 11 is 0. The predicted molar refractivity (Wildman–Crippen MR) is 55.7 cm³/mol. The molecule has 1 aromatic rings. The summed E-state index contributed by atoms with van der Waals surface area (Å²) in [7, 11) is 0. The molecule has 0 aromatic heterocycles. The summed E-state index contributed by atoms with van der Waals surface area (Å²) in [6.45, 7) is 4.61. The number of benzene rings is 1. The third kappa shape index (κ3) is 2.88. The Morgan fingerprint density at radius 1 is 1.25 bits per heavy atom. The first-order chi connectivity index (χ1) is 7.21. The second-order valence-corrected chi connectivity index (χ2v) is 4.27. The minimum absolute atomic E-state index is 0.299. The van der Waals surface area contributed by atoms with Crippen molar-refractivity contribution in [3.05, 3.63) is 29.6 Å². The van der Waals surface area contributed by atoms with E-state index in [4.69, 9.17) is 0 Å². The van der Waals surface area contributed by atoms with Crippen LogP contribution in [0, 0.1) is 17.5 Å². The SMILES string of the molecule is CC(Nc1cc(F)cc(F)c1F)C(C)(C)O. The van der Waals surface area contributed by atoms with Crippen molar-refractivity contribution in [2.45, 2.75) is 32.4 Å². The Balaban J connectivity index is 2.98. The Morgan fingerprint density at radius 2 is 1.81 bits per heavy atom. The summed E-state index contributed by atoms with van der Waals surface area (Å²) in [6.07, 6.45) is 0. The lowest BCUT2D eigenvalue weighted by Crippen LogP contribution is -2.39. The second-order valence-electron chi connectivity index (χ2n) is 4.27. The Morgan fingerprint density at radius 3 is 2.31 bits per heavy atom. The molecule has 2 nitrogen and oxygen atoms in total. The second kappa shape index (κ2) is 4.33. The lowest BCUT2D eigenvalue weighted by molar-refractivity contribution is 0.0648. The summed E-state index contributed by atoms with van der Waals surface area (Å²) in [5.74, 6) is -3.28. The Hall–Kier alpha value is -1.23. The molecule has 1 aromatic carbocycles. The first kappa shape index (κ1) is 12.8. The number of aliphatic hydroxyl groups is 1. The highest BCUT2D eigenvalue weighted by Gasteiger charge is 2.23. The molecule has 0 heterocycles. The van der Waals surface area contributed by atoms with Gasteiger partial charge < -0.3 is 10.4 Å². The highest BCUT2D eigenvalue weighted by molar-refractivity contribution is 5.46. The lowest BCUT2D eigenvalue weighted by Gasteiger charge is -2.27. The van der Waals surface area contributed by atoms with E-state index in [9.17, 15) is 18.3 Å². The molecule has 0 bridgehead atoms. The average Bonchev–Trinajstić information content (AvgIpc) is 2.11. The van der Waals surface area contributed by atoms with E-state index in [-0.39, 0.29) is 5.69 Å². The highest BCUT2D eigenvalue weighted by atomic mass is 19.2. The van der Waals surface area contributed by atoms with Crippen molar-refractivity contribution in [3.8, 4) is 0 Å². The molecule has 1 rings (SSSR count). The summed E-state index contributed by atoms with van der Waals surface area (Å²) in [5.41, 5.74) is -1.43. The van der Waals surface area contributed by atoms with Crippen LogP contribution in [0.3, 0.4) is 0 Å². The van der Waals surface area contributed by atoms with E-state index in [1.165, 1.54) is 13.8 Å². The molecular formula is C11H14F3NO. The molecule has 0 spiro atoms. The van der Waals surface area contributed by atoms with Gasteiger partial charge in [-0.3, -0.25) is 0 Å². The largest absolute Gasteiger partial charge is 0.388 e. The minimum Gasteiger partial charge on any atom is -0.388 e. The van der Waals surface area contributed by atoms with Crippen LogP contribution in [0.15, 0.2) is 12.1 Å². The maximum atomic E-state index is 13.2. The van der Waals surface area contributed by atoms with Crippen LogP contribution in [0.25, 0.3) is 0 Å². The van der Waals surface area contributed by atoms with Crippen LogP contribution in [0.5, 0.6) is 0 Å². The van der Waals surface area contributed by atoms with E-state index in [0.29, 0.717) is 6.07 Å². The summed E-state index contributed by atoms with van der Waals surface area (Å²) in [6, 6.07) is 0.763. The van der Waals surface area contributed by atoms with Gasteiger partial charge in [0.1, 0.15) is 5.82 Å². The maximum Gasteiger partial charge on any atom is 0.182 e. The van der Waals surface area contributed by atoms with Crippen LogP contribution in [-0.4, -0.2) is 16.7 Å². The van der Waals surface area contributed by atoms with Crippen molar-refractivity contribution in [3.63, 3.8) is 0 Å². The number of nitrogens with one attached hydrogen (secondary N) is 1. The first-order valence-corrected chi connectivity index (χ1v) is 4.85. The normalized spacial score (nSPS) is 13.7. The van der Waals surface area contributed by atoms with E-state index >= 15 is 0 Å². The molecule has 1 atom stereocenters. The molecule has 0 saturated heterocycles. The molecule has 1 unspecified atom stereocenters. The quantitative estimate of drug-likeness (QED) is 0.787. The standard InChI is InChI=1S/C11H14F3NO/c1-6(11(2,3)16)15-9-5-7(12)4-8(13)10(9)14/h4-6,15-16H,1-3H3. The van der Waals surface area contributed by atoms with E-state index in [1.54, 1.807) is 6.92 Å². The number of halogens is 3. The van der Waals surface area contributed by atoms with Crippen molar-refractivity contribution in [1.29, 1.82) is 0 Å². The van der Waals surface area contributed by atoms with Gasteiger partial charge in [0.2, 0.25) is 0 Å². The summed E-state index contributed by atoms with van der Waals surface area (Å²) in [4.78, 5) is 0. The number of hydrogen-bond donors (Lipinski definition) is 2. The third-order valence-electron chi connectivity index (χ3n) is 2.42. The highest BCUT2D eigenvalue weighted by Crippen LogP contribution is 2.22. The molecule has 16 heavy (non-hydrogen) atoms. The lowest BCUT2D eigenvalue weighted by atomic mass is 10.0. The van der Waals surface area contributed by atoms with Crippen LogP contribution in [0.4, 0.5) is 18.9 Å². The van der Waals surface area contributed by atoms with E-state index in [0.717, 1.165) is 6.07 Å². The van der Waals surface area contributed by atoms with Crippen molar-refractivity contribution >= 4 is 5.69 Å². The van der Waals surface area contributed by atoms with Gasteiger partial charge in [0.05, 0.1) is 17.3 Å². The molecule has 0 aliphatic heterocycles. The minimum atomic E-state index is -1.26. The number of rotatable bonds is 3. The van der Waals surface area contributed by atoms with Crippen molar-refractivity contribution in [1.82, 2.24) is 0 Å². The molecular weight excluding hydrogens is 219 g/mol. The molecule has 90 valence electrons. The van der Waals surface area contributed by atoms with Crippen molar-refractivity contribution in [2.24, 2.45) is 0 Å². The fourth-order valence-electron chi connectivity index (χ4n) is 1.07. The van der Waals surface area contributed by atoms with Crippen LogP contribution >= 0.6 is 0 Å². The predicted octanol–water partition coefficient (Wildman–Crippen LogP) is 2.68.